The van der Waals surface area contributed by atoms with E-state index in [9.17, 15) is 4.79 Å². The number of piperidine rings is 1. The highest BCUT2D eigenvalue weighted by molar-refractivity contribution is 7.09. The summed E-state index contributed by atoms with van der Waals surface area (Å²) < 4.78 is 7.69. The summed E-state index contributed by atoms with van der Waals surface area (Å²) >= 11 is 1.67. The topological polar surface area (TPSA) is 60.3 Å². The van der Waals surface area contributed by atoms with Gasteiger partial charge in [-0.3, -0.25) is 4.79 Å². The van der Waals surface area contributed by atoms with Gasteiger partial charge in [-0.2, -0.15) is 0 Å². The number of thiazole rings is 1. The summed E-state index contributed by atoms with van der Waals surface area (Å²) in [6, 6.07) is 7.36. The van der Waals surface area contributed by atoms with Crippen molar-refractivity contribution in [2.45, 2.75) is 25.4 Å². The Labute approximate surface area is 162 Å². The molecule has 7 heteroatoms. The number of benzene rings is 1. The molecule has 0 bridgehead atoms. The molecule has 0 saturated carbocycles. The van der Waals surface area contributed by atoms with E-state index in [1.165, 1.54) is 0 Å². The van der Waals surface area contributed by atoms with Gasteiger partial charge in [0.15, 0.2) is 0 Å². The summed E-state index contributed by atoms with van der Waals surface area (Å²) in [5.41, 5.74) is 0.694. The minimum absolute atomic E-state index is 0.0758. The minimum Gasteiger partial charge on any atom is -0.486 e. The van der Waals surface area contributed by atoms with Gasteiger partial charge in [0.25, 0.3) is 5.91 Å². The molecule has 1 aliphatic heterocycles. The van der Waals surface area contributed by atoms with E-state index in [1.54, 1.807) is 17.5 Å². The van der Waals surface area contributed by atoms with Gasteiger partial charge in [-0.05, 0) is 37.1 Å². The number of likely N-dealkylation sites (tertiary alicyclic amines) is 1. The molecule has 0 radical (unpaired) electrons. The van der Waals surface area contributed by atoms with E-state index in [0.717, 1.165) is 42.5 Å². The molecule has 1 aromatic carbocycles. The van der Waals surface area contributed by atoms with Crippen LogP contribution in [0.2, 0.25) is 0 Å². The predicted octanol–water partition coefficient (Wildman–Crippen LogP) is 3.48. The number of rotatable bonds is 5. The van der Waals surface area contributed by atoms with Crippen molar-refractivity contribution in [3.05, 3.63) is 64.6 Å². The van der Waals surface area contributed by atoms with E-state index in [0.29, 0.717) is 18.1 Å². The van der Waals surface area contributed by atoms with Gasteiger partial charge in [-0.1, -0.05) is 0 Å². The van der Waals surface area contributed by atoms with Crippen LogP contribution in [0.5, 0.6) is 5.75 Å². The van der Waals surface area contributed by atoms with Crippen LogP contribution in [-0.2, 0) is 13.7 Å². The van der Waals surface area contributed by atoms with Crippen molar-refractivity contribution >= 4 is 17.2 Å². The SMILES string of the molecule is Cn1ccnc1COc1ccc(C(=O)N2CCC[C@H](c3nccs3)C2)cc1. The number of ether oxygens (including phenoxy) is 1. The second-order valence-corrected chi connectivity index (χ2v) is 7.65. The Bertz CT molecular complexity index is 889. The van der Waals surface area contributed by atoms with Gasteiger partial charge in [0.2, 0.25) is 0 Å². The van der Waals surface area contributed by atoms with Gasteiger partial charge in [-0.25, -0.2) is 9.97 Å². The second kappa shape index (κ2) is 7.92. The standard InChI is InChI=1S/C20H22N4O2S/c1-23-11-8-21-18(23)14-26-17-6-4-15(5-7-17)20(25)24-10-2-3-16(13-24)19-22-9-12-27-19/h4-9,11-12,16H,2-3,10,13-14H2,1H3/t16-/m0/s1. The first-order valence-corrected chi connectivity index (χ1v) is 9.96. The fourth-order valence-electron chi connectivity index (χ4n) is 3.36. The number of carbonyl (C=O) groups is 1. The molecule has 1 saturated heterocycles. The first-order chi connectivity index (χ1) is 13.2. The molecule has 1 aliphatic rings. The molecule has 27 heavy (non-hydrogen) atoms. The molecule has 6 nitrogen and oxygen atoms in total. The third kappa shape index (κ3) is 4.03. The lowest BCUT2D eigenvalue weighted by atomic mass is 9.98. The van der Waals surface area contributed by atoms with Crippen LogP contribution in [0.1, 0.15) is 39.9 Å². The number of amides is 1. The quantitative estimate of drug-likeness (QED) is 0.678. The van der Waals surface area contributed by atoms with E-state index < -0.39 is 0 Å². The summed E-state index contributed by atoms with van der Waals surface area (Å²) in [5, 5.41) is 3.13. The number of carbonyl (C=O) groups excluding carboxylic acids is 1. The Morgan fingerprint density at radius 1 is 1.26 bits per heavy atom. The predicted molar refractivity (Wildman–Crippen MR) is 104 cm³/mol. The number of aromatic nitrogens is 3. The van der Waals surface area contributed by atoms with Crippen LogP contribution in [0, 0.1) is 0 Å². The molecule has 2 aromatic heterocycles. The van der Waals surface area contributed by atoms with Crippen LogP contribution < -0.4 is 4.74 Å². The van der Waals surface area contributed by atoms with Crippen LogP contribution in [0.15, 0.2) is 48.2 Å². The Morgan fingerprint density at radius 3 is 2.81 bits per heavy atom. The number of nitrogens with zero attached hydrogens (tertiary/aromatic N) is 4. The molecule has 0 N–H and O–H groups in total. The Kier molecular flexibility index (Phi) is 5.20. The molecular weight excluding hydrogens is 360 g/mol. The third-order valence-electron chi connectivity index (χ3n) is 4.90. The smallest absolute Gasteiger partial charge is 0.253 e. The molecular formula is C20H22N4O2S. The molecule has 0 spiro atoms. The normalized spacial score (nSPS) is 17.1. The zero-order valence-corrected chi connectivity index (χ0v) is 16.1. The summed E-state index contributed by atoms with van der Waals surface area (Å²) in [5.74, 6) is 2.01. The van der Waals surface area contributed by atoms with Crippen LogP contribution in [0.4, 0.5) is 0 Å². The van der Waals surface area contributed by atoms with Crippen molar-refractivity contribution in [3.63, 3.8) is 0 Å². The van der Waals surface area contributed by atoms with Crippen molar-refractivity contribution in [1.82, 2.24) is 19.4 Å². The van der Waals surface area contributed by atoms with Crippen molar-refractivity contribution in [3.8, 4) is 5.75 Å². The molecule has 4 rings (SSSR count). The summed E-state index contributed by atoms with van der Waals surface area (Å²) in [4.78, 5) is 23.5. The lowest BCUT2D eigenvalue weighted by Gasteiger charge is -2.32. The number of imidazole rings is 1. The van der Waals surface area contributed by atoms with E-state index in [4.69, 9.17) is 4.74 Å². The maximum atomic E-state index is 12.9. The van der Waals surface area contributed by atoms with Gasteiger partial charge in [0.05, 0.1) is 5.01 Å². The largest absolute Gasteiger partial charge is 0.486 e. The summed E-state index contributed by atoms with van der Waals surface area (Å²) in [6.07, 6.45) is 7.58. The van der Waals surface area contributed by atoms with E-state index >= 15 is 0 Å². The Morgan fingerprint density at radius 2 is 2.11 bits per heavy atom. The molecule has 1 amide bonds. The van der Waals surface area contributed by atoms with E-state index in [1.807, 2.05) is 58.6 Å². The maximum absolute atomic E-state index is 12.9. The van der Waals surface area contributed by atoms with Gasteiger partial charge in [0, 0.05) is 55.6 Å². The molecule has 0 unspecified atom stereocenters. The molecule has 3 aromatic rings. The average Bonchev–Trinajstić information content (AvgIpc) is 3.38. The highest BCUT2D eigenvalue weighted by atomic mass is 32.1. The molecule has 0 aliphatic carbocycles. The first kappa shape index (κ1) is 17.7. The number of hydrogen-bond donors (Lipinski definition) is 0. The first-order valence-electron chi connectivity index (χ1n) is 9.08. The van der Waals surface area contributed by atoms with Crippen molar-refractivity contribution in [2.75, 3.05) is 13.1 Å². The zero-order chi connectivity index (χ0) is 18.6. The van der Waals surface area contributed by atoms with Gasteiger partial charge >= 0.3 is 0 Å². The van der Waals surface area contributed by atoms with Gasteiger partial charge < -0.3 is 14.2 Å². The molecule has 140 valence electrons. The van der Waals surface area contributed by atoms with Crippen LogP contribution in [-0.4, -0.2) is 38.4 Å². The maximum Gasteiger partial charge on any atom is 0.253 e. The minimum atomic E-state index is 0.0758. The second-order valence-electron chi connectivity index (χ2n) is 6.73. The van der Waals surface area contributed by atoms with E-state index in [2.05, 4.69) is 9.97 Å². The zero-order valence-electron chi connectivity index (χ0n) is 15.2. The van der Waals surface area contributed by atoms with Gasteiger partial charge in [0.1, 0.15) is 18.2 Å². The van der Waals surface area contributed by atoms with Crippen LogP contribution in [0.3, 0.4) is 0 Å². The average molecular weight is 382 g/mol. The lowest BCUT2D eigenvalue weighted by molar-refractivity contribution is 0.0707. The Balaban J connectivity index is 1.38. The van der Waals surface area contributed by atoms with Gasteiger partial charge in [-0.15, -0.1) is 11.3 Å². The van der Waals surface area contributed by atoms with Crippen molar-refractivity contribution in [2.24, 2.45) is 7.05 Å². The fraction of sp³-hybridized carbons (Fsp3) is 0.350. The monoisotopic (exact) mass is 382 g/mol. The highest BCUT2D eigenvalue weighted by Gasteiger charge is 2.26. The van der Waals surface area contributed by atoms with Crippen LogP contribution in [0.25, 0.3) is 0 Å². The molecule has 1 fully saturated rings. The molecule has 1 atom stereocenters. The number of hydrogen-bond acceptors (Lipinski definition) is 5. The fourth-order valence-corrected chi connectivity index (χ4v) is 4.13. The summed E-state index contributed by atoms with van der Waals surface area (Å²) in [6.45, 7) is 1.94. The van der Waals surface area contributed by atoms with Crippen LogP contribution >= 0.6 is 11.3 Å². The van der Waals surface area contributed by atoms with E-state index in [-0.39, 0.29) is 5.91 Å². The summed E-state index contributed by atoms with van der Waals surface area (Å²) in [7, 11) is 1.94. The number of aryl methyl sites for hydroxylation is 1. The van der Waals surface area contributed by atoms with Crippen molar-refractivity contribution < 1.29 is 9.53 Å². The third-order valence-corrected chi connectivity index (χ3v) is 5.84. The lowest BCUT2D eigenvalue weighted by Crippen LogP contribution is -2.39. The highest BCUT2D eigenvalue weighted by Crippen LogP contribution is 2.29. The Hall–Kier alpha value is -2.67. The molecule has 3 heterocycles. The van der Waals surface area contributed by atoms with Crippen molar-refractivity contribution in [1.29, 1.82) is 0 Å².